The third kappa shape index (κ3) is 6.40. The Hall–Kier alpha value is -2.70. The van der Waals surface area contributed by atoms with Crippen molar-refractivity contribution in [1.29, 1.82) is 0 Å². The minimum absolute atomic E-state index is 0.0767. The van der Waals surface area contributed by atoms with Gasteiger partial charge in [0.05, 0.1) is 0 Å². The van der Waals surface area contributed by atoms with Crippen LogP contribution in [0.15, 0.2) is 48.5 Å². The molecule has 6 nitrogen and oxygen atoms in total. The van der Waals surface area contributed by atoms with E-state index in [1.165, 1.54) is 5.56 Å². The number of piperazine rings is 1. The van der Waals surface area contributed by atoms with Crippen LogP contribution in [0.1, 0.15) is 52.6 Å². The van der Waals surface area contributed by atoms with E-state index in [-0.39, 0.29) is 11.8 Å². The fraction of sp³-hybridized carbons (Fsp3) is 0.462. The molecule has 2 amide bonds. The highest BCUT2D eigenvalue weighted by atomic mass is 16.2. The number of benzene rings is 2. The molecule has 2 aromatic carbocycles. The van der Waals surface area contributed by atoms with Crippen LogP contribution in [0.2, 0.25) is 0 Å². The highest BCUT2D eigenvalue weighted by Crippen LogP contribution is 2.12. The van der Waals surface area contributed by atoms with Crippen LogP contribution in [0.4, 0.5) is 0 Å². The summed E-state index contributed by atoms with van der Waals surface area (Å²) in [5.74, 6) is -0.0155. The number of hydrogen-bond donors (Lipinski definition) is 1. The van der Waals surface area contributed by atoms with E-state index in [0.29, 0.717) is 23.7 Å². The summed E-state index contributed by atoms with van der Waals surface area (Å²) in [5.41, 5.74) is 3.53. The van der Waals surface area contributed by atoms with Gasteiger partial charge in [0.2, 0.25) is 0 Å². The van der Waals surface area contributed by atoms with Gasteiger partial charge in [0, 0.05) is 56.4 Å². The van der Waals surface area contributed by atoms with E-state index in [0.717, 1.165) is 44.8 Å². The van der Waals surface area contributed by atoms with Crippen molar-refractivity contribution in [3.8, 4) is 0 Å². The Morgan fingerprint density at radius 2 is 1.47 bits per heavy atom. The lowest BCUT2D eigenvalue weighted by Gasteiger charge is -2.32. The van der Waals surface area contributed by atoms with Crippen LogP contribution < -0.4 is 5.32 Å². The molecule has 1 saturated heterocycles. The van der Waals surface area contributed by atoms with E-state index in [2.05, 4.69) is 42.9 Å². The quantitative estimate of drug-likeness (QED) is 0.690. The number of carbonyl (C=O) groups is 2. The van der Waals surface area contributed by atoms with Gasteiger partial charge in [-0.2, -0.15) is 0 Å². The van der Waals surface area contributed by atoms with Crippen LogP contribution in [0.5, 0.6) is 0 Å². The molecule has 0 radical (unpaired) electrons. The fourth-order valence-electron chi connectivity index (χ4n) is 3.90. The van der Waals surface area contributed by atoms with Crippen molar-refractivity contribution in [2.24, 2.45) is 0 Å². The van der Waals surface area contributed by atoms with Gasteiger partial charge < -0.3 is 15.1 Å². The second-order valence-corrected chi connectivity index (χ2v) is 8.83. The smallest absolute Gasteiger partial charge is 0.253 e. The molecule has 0 aliphatic carbocycles. The Bertz CT molecular complexity index is 885. The SMILES string of the molecule is CCN(Cc1ccc(C(=O)NCc2ccc(C(=O)N3CCN(C)CC3)cc2)cc1)C(C)C. The topological polar surface area (TPSA) is 55.9 Å². The van der Waals surface area contributed by atoms with Gasteiger partial charge in [-0.1, -0.05) is 31.2 Å². The van der Waals surface area contributed by atoms with Crippen LogP contribution in [-0.4, -0.2) is 72.3 Å². The van der Waals surface area contributed by atoms with Crippen molar-refractivity contribution in [2.75, 3.05) is 39.8 Å². The van der Waals surface area contributed by atoms with Crippen LogP contribution in [0, 0.1) is 0 Å². The number of carbonyl (C=O) groups excluding carboxylic acids is 2. The summed E-state index contributed by atoms with van der Waals surface area (Å²) in [6, 6.07) is 15.8. The van der Waals surface area contributed by atoms with Gasteiger partial charge in [-0.3, -0.25) is 14.5 Å². The maximum Gasteiger partial charge on any atom is 0.253 e. The largest absolute Gasteiger partial charge is 0.348 e. The second-order valence-electron chi connectivity index (χ2n) is 8.83. The molecule has 0 aromatic heterocycles. The number of hydrogen-bond acceptors (Lipinski definition) is 4. The molecule has 0 saturated carbocycles. The fourth-order valence-corrected chi connectivity index (χ4v) is 3.90. The highest BCUT2D eigenvalue weighted by molar-refractivity contribution is 5.95. The summed E-state index contributed by atoms with van der Waals surface area (Å²) in [5, 5.41) is 2.97. The van der Waals surface area contributed by atoms with Crippen molar-refractivity contribution in [3.05, 3.63) is 70.8 Å². The monoisotopic (exact) mass is 436 g/mol. The Labute approximate surface area is 192 Å². The summed E-state index contributed by atoms with van der Waals surface area (Å²) in [7, 11) is 2.08. The molecule has 32 heavy (non-hydrogen) atoms. The Balaban J connectivity index is 1.51. The molecule has 1 aliphatic heterocycles. The van der Waals surface area contributed by atoms with E-state index < -0.39 is 0 Å². The summed E-state index contributed by atoms with van der Waals surface area (Å²) in [6.07, 6.45) is 0. The average molecular weight is 437 g/mol. The third-order valence-electron chi connectivity index (χ3n) is 6.18. The number of likely N-dealkylation sites (N-methyl/N-ethyl adjacent to an activating group) is 1. The van der Waals surface area contributed by atoms with Gasteiger partial charge >= 0.3 is 0 Å². The zero-order valence-corrected chi connectivity index (χ0v) is 19.8. The van der Waals surface area contributed by atoms with E-state index in [1.807, 2.05) is 53.4 Å². The summed E-state index contributed by atoms with van der Waals surface area (Å²) >= 11 is 0. The molecule has 1 heterocycles. The zero-order chi connectivity index (χ0) is 23.1. The first-order valence-corrected chi connectivity index (χ1v) is 11.5. The van der Waals surface area contributed by atoms with Gasteiger partial charge in [-0.15, -0.1) is 0 Å². The molecule has 1 fully saturated rings. The molecule has 3 rings (SSSR count). The average Bonchev–Trinajstić information content (AvgIpc) is 2.81. The number of nitrogens with one attached hydrogen (secondary N) is 1. The molecule has 172 valence electrons. The van der Waals surface area contributed by atoms with Gasteiger partial charge in [-0.25, -0.2) is 0 Å². The lowest BCUT2D eigenvalue weighted by atomic mass is 10.1. The first-order chi connectivity index (χ1) is 15.4. The predicted octanol–water partition coefficient (Wildman–Crippen LogP) is 3.23. The van der Waals surface area contributed by atoms with Crippen molar-refractivity contribution < 1.29 is 9.59 Å². The molecule has 0 bridgehead atoms. The summed E-state index contributed by atoms with van der Waals surface area (Å²) in [4.78, 5) is 31.7. The summed E-state index contributed by atoms with van der Waals surface area (Å²) < 4.78 is 0. The van der Waals surface area contributed by atoms with Gasteiger partial charge in [0.25, 0.3) is 11.8 Å². The zero-order valence-electron chi connectivity index (χ0n) is 19.8. The minimum Gasteiger partial charge on any atom is -0.348 e. The van der Waals surface area contributed by atoms with Gasteiger partial charge in [-0.05, 0) is 62.8 Å². The lowest BCUT2D eigenvalue weighted by Crippen LogP contribution is -2.47. The first-order valence-electron chi connectivity index (χ1n) is 11.5. The number of nitrogens with zero attached hydrogens (tertiary/aromatic N) is 3. The second kappa shape index (κ2) is 11.2. The molecule has 6 heteroatoms. The van der Waals surface area contributed by atoms with Gasteiger partial charge in [0.1, 0.15) is 0 Å². The molecular formula is C26H36N4O2. The van der Waals surface area contributed by atoms with Crippen LogP contribution in [0.3, 0.4) is 0 Å². The Morgan fingerprint density at radius 1 is 0.906 bits per heavy atom. The molecular weight excluding hydrogens is 400 g/mol. The standard InChI is InChI=1S/C26H36N4O2/c1-5-29(20(2)3)19-22-8-10-23(11-9-22)25(31)27-18-21-6-12-24(13-7-21)26(32)30-16-14-28(4)15-17-30/h6-13,20H,5,14-19H2,1-4H3,(H,27,31). The maximum absolute atomic E-state index is 12.7. The maximum atomic E-state index is 12.7. The van der Waals surface area contributed by atoms with E-state index >= 15 is 0 Å². The first kappa shape index (κ1) is 24.0. The number of rotatable bonds is 8. The van der Waals surface area contributed by atoms with Crippen LogP contribution >= 0.6 is 0 Å². The Morgan fingerprint density at radius 3 is 2.03 bits per heavy atom. The molecule has 0 spiro atoms. The van der Waals surface area contributed by atoms with Gasteiger partial charge in [0.15, 0.2) is 0 Å². The molecule has 1 N–H and O–H groups in total. The van der Waals surface area contributed by atoms with E-state index in [4.69, 9.17) is 0 Å². The summed E-state index contributed by atoms with van der Waals surface area (Å²) in [6.45, 7) is 12.2. The third-order valence-corrected chi connectivity index (χ3v) is 6.18. The van der Waals surface area contributed by atoms with Crippen LogP contribution in [0.25, 0.3) is 0 Å². The van der Waals surface area contributed by atoms with E-state index in [9.17, 15) is 9.59 Å². The van der Waals surface area contributed by atoms with Crippen molar-refractivity contribution in [3.63, 3.8) is 0 Å². The highest BCUT2D eigenvalue weighted by Gasteiger charge is 2.20. The van der Waals surface area contributed by atoms with Crippen molar-refractivity contribution in [2.45, 2.75) is 39.9 Å². The van der Waals surface area contributed by atoms with Crippen molar-refractivity contribution in [1.82, 2.24) is 20.0 Å². The Kier molecular flexibility index (Phi) is 8.42. The molecule has 2 aromatic rings. The molecule has 0 unspecified atom stereocenters. The molecule has 0 atom stereocenters. The van der Waals surface area contributed by atoms with Crippen LogP contribution in [-0.2, 0) is 13.1 Å². The minimum atomic E-state index is -0.0923. The predicted molar refractivity (Wildman–Crippen MR) is 129 cm³/mol. The van der Waals surface area contributed by atoms with Crippen molar-refractivity contribution >= 4 is 11.8 Å². The normalized spacial score (nSPS) is 14.8. The lowest BCUT2D eigenvalue weighted by molar-refractivity contribution is 0.0664. The number of amides is 2. The van der Waals surface area contributed by atoms with E-state index in [1.54, 1.807) is 0 Å². The molecule has 1 aliphatic rings.